The van der Waals surface area contributed by atoms with Crippen LogP contribution in [0.5, 0.6) is 5.75 Å². The van der Waals surface area contributed by atoms with Crippen molar-refractivity contribution >= 4 is 21.9 Å². The summed E-state index contributed by atoms with van der Waals surface area (Å²) in [4.78, 5) is 14.9. The Morgan fingerprint density at radius 1 is 1.33 bits per heavy atom. The first-order valence-corrected chi connectivity index (χ1v) is 6.58. The van der Waals surface area contributed by atoms with Crippen LogP contribution in [0, 0.1) is 0 Å². The Morgan fingerprint density at radius 2 is 2.05 bits per heavy atom. The van der Waals surface area contributed by atoms with Gasteiger partial charge < -0.3 is 9.84 Å². The van der Waals surface area contributed by atoms with E-state index in [-0.39, 0.29) is 22.4 Å². The third-order valence-corrected chi connectivity index (χ3v) is 3.33. The summed E-state index contributed by atoms with van der Waals surface area (Å²) in [6.45, 7) is 0. The number of alkyl halides is 2. The minimum absolute atomic E-state index is 0.0112. The zero-order valence-corrected chi connectivity index (χ0v) is 12.4. The van der Waals surface area contributed by atoms with Gasteiger partial charge in [0.1, 0.15) is 11.4 Å². The molecule has 0 aliphatic rings. The van der Waals surface area contributed by atoms with Crippen LogP contribution >= 0.6 is 15.9 Å². The standard InChI is InChI=1S/C14H10BrF2NO3/c1-21-12-6-18-11(13(16)17)5-10(12)9-4-7(15)2-3-8(9)14(19)20/h2-6,13H,1H3,(H,19,20). The molecule has 0 spiro atoms. The van der Waals surface area contributed by atoms with Gasteiger partial charge in [0, 0.05) is 15.6 Å². The molecule has 1 aromatic heterocycles. The van der Waals surface area contributed by atoms with E-state index in [0.29, 0.717) is 4.47 Å². The molecule has 0 saturated carbocycles. The Morgan fingerprint density at radius 3 is 2.62 bits per heavy atom. The monoisotopic (exact) mass is 357 g/mol. The number of aromatic carboxylic acids is 1. The van der Waals surface area contributed by atoms with Crippen LogP contribution in [-0.4, -0.2) is 23.2 Å². The summed E-state index contributed by atoms with van der Waals surface area (Å²) >= 11 is 3.24. The Labute approximate surface area is 127 Å². The van der Waals surface area contributed by atoms with Gasteiger partial charge >= 0.3 is 5.97 Å². The van der Waals surface area contributed by atoms with Crippen molar-refractivity contribution in [1.82, 2.24) is 4.98 Å². The van der Waals surface area contributed by atoms with E-state index in [0.717, 1.165) is 12.3 Å². The van der Waals surface area contributed by atoms with Crippen molar-refractivity contribution in [2.75, 3.05) is 7.11 Å². The first-order valence-electron chi connectivity index (χ1n) is 5.79. The number of hydrogen-bond donors (Lipinski definition) is 1. The molecule has 0 fully saturated rings. The summed E-state index contributed by atoms with van der Waals surface area (Å²) in [5.74, 6) is -0.935. The van der Waals surface area contributed by atoms with Crippen molar-refractivity contribution in [2.45, 2.75) is 6.43 Å². The Kier molecular flexibility index (Phi) is 4.52. The van der Waals surface area contributed by atoms with Gasteiger partial charge in [-0.1, -0.05) is 15.9 Å². The number of benzene rings is 1. The molecule has 2 aromatic rings. The maximum Gasteiger partial charge on any atom is 0.336 e. The van der Waals surface area contributed by atoms with Gasteiger partial charge in [-0.05, 0) is 24.3 Å². The van der Waals surface area contributed by atoms with Gasteiger partial charge in [-0.25, -0.2) is 13.6 Å². The molecule has 0 unspecified atom stereocenters. The first kappa shape index (κ1) is 15.4. The van der Waals surface area contributed by atoms with Crippen LogP contribution in [0.25, 0.3) is 11.1 Å². The number of ether oxygens (including phenoxy) is 1. The highest BCUT2D eigenvalue weighted by Gasteiger charge is 2.19. The number of halogens is 3. The number of pyridine rings is 1. The van der Waals surface area contributed by atoms with E-state index < -0.39 is 18.1 Å². The van der Waals surface area contributed by atoms with Gasteiger partial charge in [-0.2, -0.15) is 0 Å². The van der Waals surface area contributed by atoms with E-state index in [1.165, 1.54) is 19.2 Å². The molecule has 1 heterocycles. The van der Waals surface area contributed by atoms with Crippen molar-refractivity contribution in [3.8, 4) is 16.9 Å². The van der Waals surface area contributed by atoms with Crippen LogP contribution in [0.15, 0.2) is 34.9 Å². The van der Waals surface area contributed by atoms with Gasteiger partial charge in [0.2, 0.25) is 0 Å². The highest BCUT2D eigenvalue weighted by Crippen LogP contribution is 2.35. The first-order chi connectivity index (χ1) is 9.93. The molecule has 1 aromatic carbocycles. The molecule has 1 N–H and O–H groups in total. The van der Waals surface area contributed by atoms with E-state index >= 15 is 0 Å². The zero-order valence-electron chi connectivity index (χ0n) is 10.8. The summed E-state index contributed by atoms with van der Waals surface area (Å²) in [6, 6.07) is 5.63. The quantitative estimate of drug-likeness (QED) is 0.892. The highest BCUT2D eigenvalue weighted by atomic mass is 79.9. The number of carbonyl (C=O) groups is 1. The van der Waals surface area contributed by atoms with Crippen LogP contribution in [0.3, 0.4) is 0 Å². The highest BCUT2D eigenvalue weighted by molar-refractivity contribution is 9.10. The second-order valence-electron chi connectivity index (χ2n) is 4.11. The molecule has 2 rings (SSSR count). The van der Waals surface area contributed by atoms with E-state index in [1.807, 2.05) is 0 Å². The summed E-state index contributed by atoms with van der Waals surface area (Å²) in [5.41, 5.74) is 0.0737. The van der Waals surface area contributed by atoms with E-state index in [4.69, 9.17) is 4.74 Å². The van der Waals surface area contributed by atoms with Crippen LogP contribution in [-0.2, 0) is 0 Å². The number of rotatable bonds is 4. The van der Waals surface area contributed by atoms with E-state index in [9.17, 15) is 18.7 Å². The molecule has 0 radical (unpaired) electrons. The lowest BCUT2D eigenvalue weighted by Crippen LogP contribution is -2.02. The van der Waals surface area contributed by atoms with Gasteiger partial charge in [-0.15, -0.1) is 0 Å². The van der Waals surface area contributed by atoms with Crippen molar-refractivity contribution < 1.29 is 23.4 Å². The molecule has 4 nitrogen and oxygen atoms in total. The Bertz CT molecular complexity index is 692. The lowest BCUT2D eigenvalue weighted by atomic mass is 9.99. The number of hydrogen-bond acceptors (Lipinski definition) is 3. The van der Waals surface area contributed by atoms with Crippen molar-refractivity contribution in [3.05, 3.63) is 46.2 Å². The van der Waals surface area contributed by atoms with Crippen LogP contribution in [0.4, 0.5) is 8.78 Å². The molecule has 7 heteroatoms. The minimum Gasteiger partial charge on any atom is -0.494 e. The van der Waals surface area contributed by atoms with Crippen molar-refractivity contribution in [1.29, 1.82) is 0 Å². The van der Waals surface area contributed by atoms with Gasteiger partial charge in [0.25, 0.3) is 6.43 Å². The summed E-state index contributed by atoms with van der Waals surface area (Å²) < 4.78 is 31.3. The van der Waals surface area contributed by atoms with Gasteiger partial charge in [0.05, 0.1) is 18.9 Å². The molecule has 0 amide bonds. The summed E-state index contributed by atoms with van der Waals surface area (Å²) in [7, 11) is 1.36. The lowest BCUT2D eigenvalue weighted by molar-refractivity contribution is 0.0697. The number of nitrogens with zero attached hydrogens (tertiary/aromatic N) is 1. The molecular formula is C14H10BrF2NO3. The topological polar surface area (TPSA) is 59.4 Å². The van der Waals surface area contributed by atoms with E-state index in [2.05, 4.69) is 20.9 Å². The molecule has 110 valence electrons. The van der Waals surface area contributed by atoms with Crippen LogP contribution < -0.4 is 4.74 Å². The summed E-state index contributed by atoms with van der Waals surface area (Å²) in [6.07, 6.45) is -1.60. The third kappa shape index (κ3) is 3.18. The largest absolute Gasteiger partial charge is 0.494 e. The van der Waals surface area contributed by atoms with Crippen molar-refractivity contribution in [2.24, 2.45) is 0 Å². The number of methoxy groups -OCH3 is 1. The predicted octanol–water partition coefficient (Wildman–Crippen LogP) is 4.16. The average molecular weight is 358 g/mol. The van der Waals surface area contributed by atoms with Gasteiger partial charge in [-0.3, -0.25) is 4.98 Å². The normalized spacial score (nSPS) is 10.7. The smallest absolute Gasteiger partial charge is 0.336 e. The Balaban J connectivity index is 2.73. The second-order valence-corrected chi connectivity index (χ2v) is 5.02. The third-order valence-electron chi connectivity index (χ3n) is 2.83. The minimum atomic E-state index is -2.75. The molecule has 0 aliphatic heterocycles. The van der Waals surface area contributed by atoms with Crippen LogP contribution in [0.1, 0.15) is 22.5 Å². The molecule has 0 saturated heterocycles. The fourth-order valence-electron chi connectivity index (χ4n) is 1.88. The maximum atomic E-state index is 12.8. The fourth-order valence-corrected chi connectivity index (χ4v) is 2.24. The summed E-state index contributed by atoms with van der Waals surface area (Å²) in [5, 5.41) is 9.24. The second kappa shape index (κ2) is 6.17. The fraction of sp³-hybridized carbons (Fsp3) is 0.143. The molecule has 0 atom stereocenters. The lowest BCUT2D eigenvalue weighted by Gasteiger charge is -2.12. The van der Waals surface area contributed by atoms with Crippen LogP contribution in [0.2, 0.25) is 0 Å². The molecule has 0 aliphatic carbocycles. The molecule has 0 bridgehead atoms. The zero-order chi connectivity index (χ0) is 15.6. The predicted molar refractivity (Wildman–Crippen MR) is 75.8 cm³/mol. The van der Waals surface area contributed by atoms with Gasteiger partial charge in [0.15, 0.2) is 0 Å². The van der Waals surface area contributed by atoms with E-state index in [1.54, 1.807) is 6.07 Å². The molecular weight excluding hydrogens is 348 g/mol. The van der Waals surface area contributed by atoms with Crippen molar-refractivity contribution in [3.63, 3.8) is 0 Å². The maximum absolute atomic E-state index is 12.8. The molecule has 21 heavy (non-hydrogen) atoms. The number of carboxylic acids is 1. The average Bonchev–Trinajstić information content (AvgIpc) is 2.46. The Hall–Kier alpha value is -2.02. The SMILES string of the molecule is COc1cnc(C(F)F)cc1-c1cc(Br)ccc1C(=O)O. The number of aromatic nitrogens is 1. The number of carboxylic acid groups (broad SMARTS) is 1.